The van der Waals surface area contributed by atoms with Gasteiger partial charge in [-0.25, -0.2) is 13.1 Å². The van der Waals surface area contributed by atoms with E-state index < -0.39 is 10.0 Å². The maximum atomic E-state index is 12.4. The molecule has 0 atom stereocenters. The Bertz CT molecular complexity index is 1010. The zero-order valence-corrected chi connectivity index (χ0v) is 18.3. The van der Waals surface area contributed by atoms with Crippen LogP contribution in [0.25, 0.3) is 0 Å². The molecule has 0 fully saturated rings. The van der Waals surface area contributed by atoms with E-state index in [1.165, 1.54) is 12.1 Å². The number of nitrogens with one attached hydrogen (secondary N) is 2. The van der Waals surface area contributed by atoms with Gasteiger partial charge in [-0.3, -0.25) is 4.79 Å². The lowest BCUT2D eigenvalue weighted by atomic mass is 10.1. The normalized spacial score (nSPS) is 13.1. The lowest BCUT2D eigenvalue weighted by Gasteiger charge is -2.18. The lowest BCUT2D eigenvalue weighted by molar-refractivity contribution is -0.116. The number of carbonyl (C=O) groups excluding carboxylic acids is 1. The van der Waals surface area contributed by atoms with Crippen molar-refractivity contribution < 1.29 is 22.7 Å². The number of hydrogen-bond acceptors (Lipinski definition) is 5. The van der Waals surface area contributed by atoms with Gasteiger partial charge in [-0.1, -0.05) is 24.1 Å². The molecule has 9 heteroatoms. The van der Waals surface area contributed by atoms with Crippen molar-refractivity contribution in [3.05, 3.63) is 47.0 Å². The Morgan fingerprint density at radius 2 is 1.83 bits per heavy atom. The van der Waals surface area contributed by atoms with Crippen LogP contribution in [-0.2, 0) is 14.8 Å². The number of unbranched alkanes of at least 4 members (excludes halogenated alkanes) is 2. The first-order valence-corrected chi connectivity index (χ1v) is 11.7. The number of benzene rings is 2. The van der Waals surface area contributed by atoms with Gasteiger partial charge >= 0.3 is 0 Å². The summed E-state index contributed by atoms with van der Waals surface area (Å²) in [6.07, 6.45) is 2.39. The predicted molar refractivity (Wildman–Crippen MR) is 116 cm³/mol. The maximum absolute atomic E-state index is 12.4. The van der Waals surface area contributed by atoms with Crippen LogP contribution >= 0.6 is 11.6 Å². The van der Waals surface area contributed by atoms with E-state index in [1.54, 1.807) is 18.2 Å². The Labute approximate surface area is 181 Å². The number of sulfonamides is 1. The third kappa shape index (κ3) is 5.87. The van der Waals surface area contributed by atoms with E-state index in [9.17, 15) is 13.2 Å². The van der Waals surface area contributed by atoms with Crippen molar-refractivity contribution in [3.63, 3.8) is 0 Å². The molecule has 1 aliphatic rings. The molecule has 2 N–H and O–H groups in total. The minimum Gasteiger partial charge on any atom is -0.486 e. The molecule has 2 aromatic carbocycles. The van der Waals surface area contributed by atoms with Gasteiger partial charge in [0.1, 0.15) is 13.2 Å². The van der Waals surface area contributed by atoms with E-state index in [0.717, 1.165) is 12.0 Å². The second-order valence-corrected chi connectivity index (χ2v) is 9.15. The molecule has 3 rings (SSSR count). The number of carbonyl (C=O) groups is 1. The van der Waals surface area contributed by atoms with Crippen LogP contribution in [0.15, 0.2) is 41.3 Å². The highest BCUT2D eigenvalue weighted by Crippen LogP contribution is 2.32. The van der Waals surface area contributed by atoms with Crippen molar-refractivity contribution in [2.45, 2.75) is 37.5 Å². The average molecular weight is 453 g/mol. The monoisotopic (exact) mass is 452 g/mol. The zero-order chi connectivity index (χ0) is 21.6. The minimum absolute atomic E-state index is 0.0859. The fourth-order valence-corrected chi connectivity index (χ4v) is 4.29. The first kappa shape index (κ1) is 22.4. The van der Waals surface area contributed by atoms with Gasteiger partial charge < -0.3 is 14.8 Å². The molecule has 30 heavy (non-hydrogen) atoms. The number of halogens is 1. The van der Waals surface area contributed by atoms with E-state index in [-0.39, 0.29) is 10.8 Å². The summed E-state index contributed by atoms with van der Waals surface area (Å²) in [6, 6.07) is 9.95. The molecule has 0 aromatic heterocycles. The Kier molecular flexibility index (Phi) is 7.58. The maximum Gasteiger partial charge on any atom is 0.240 e. The standard InChI is InChI=1S/C21H25ClN2O5S/c1-15-17(22)6-5-7-18(15)24-21(25)8-3-2-4-11-23-30(26,27)16-9-10-19-20(14-16)29-13-12-28-19/h5-7,9-10,14,23H,2-4,8,11-13H2,1H3,(H,24,25). The van der Waals surface area contributed by atoms with E-state index in [4.69, 9.17) is 21.1 Å². The number of ether oxygens (including phenoxy) is 2. The fraction of sp³-hybridized carbons (Fsp3) is 0.381. The van der Waals surface area contributed by atoms with Gasteiger partial charge in [0.05, 0.1) is 4.90 Å². The summed E-state index contributed by atoms with van der Waals surface area (Å²) in [6.45, 7) is 3.00. The van der Waals surface area contributed by atoms with Gasteiger partial charge in [0.25, 0.3) is 0 Å². The number of hydrogen-bond donors (Lipinski definition) is 2. The van der Waals surface area contributed by atoms with Gasteiger partial charge in [0.2, 0.25) is 15.9 Å². The van der Waals surface area contributed by atoms with Crippen LogP contribution in [0.2, 0.25) is 5.02 Å². The molecule has 2 aromatic rings. The fourth-order valence-electron chi connectivity index (χ4n) is 3.02. The highest BCUT2D eigenvalue weighted by Gasteiger charge is 2.19. The van der Waals surface area contributed by atoms with Crippen LogP contribution in [0.1, 0.15) is 31.2 Å². The summed E-state index contributed by atoms with van der Waals surface area (Å²) in [5, 5.41) is 3.46. The lowest BCUT2D eigenvalue weighted by Crippen LogP contribution is -2.25. The zero-order valence-electron chi connectivity index (χ0n) is 16.7. The number of rotatable bonds is 9. The molecular weight excluding hydrogens is 428 g/mol. The third-order valence-corrected chi connectivity index (χ3v) is 6.61. The number of amides is 1. The van der Waals surface area contributed by atoms with E-state index >= 15 is 0 Å². The summed E-state index contributed by atoms with van der Waals surface area (Å²) >= 11 is 6.05. The van der Waals surface area contributed by atoms with Crippen molar-refractivity contribution in [3.8, 4) is 11.5 Å². The topological polar surface area (TPSA) is 93.7 Å². The summed E-state index contributed by atoms with van der Waals surface area (Å²) < 4.78 is 38.3. The van der Waals surface area contributed by atoms with Crippen LogP contribution in [0.4, 0.5) is 5.69 Å². The molecule has 0 spiro atoms. The molecule has 1 aliphatic heterocycles. The highest BCUT2D eigenvalue weighted by molar-refractivity contribution is 7.89. The Balaban J connectivity index is 1.38. The molecule has 0 aliphatic carbocycles. The van der Waals surface area contributed by atoms with Gasteiger partial charge in [0, 0.05) is 29.7 Å². The first-order valence-electron chi connectivity index (χ1n) is 9.81. The average Bonchev–Trinajstić information content (AvgIpc) is 2.73. The Morgan fingerprint density at radius 1 is 1.07 bits per heavy atom. The molecule has 0 saturated heterocycles. The molecular formula is C21H25ClN2O5S. The summed E-state index contributed by atoms with van der Waals surface area (Å²) in [5.74, 6) is 0.897. The first-order chi connectivity index (χ1) is 14.4. The molecule has 0 unspecified atom stereocenters. The highest BCUT2D eigenvalue weighted by atomic mass is 35.5. The van der Waals surface area contributed by atoms with Crippen LogP contribution in [0.5, 0.6) is 11.5 Å². The predicted octanol–water partition coefficient (Wildman–Crippen LogP) is 3.90. The summed E-state index contributed by atoms with van der Waals surface area (Å²) in [7, 11) is -3.62. The summed E-state index contributed by atoms with van der Waals surface area (Å²) in [5.41, 5.74) is 1.54. The largest absolute Gasteiger partial charge is 0.486 e. The molecule has 1 amide bonds. The molecule has 0 radical (unpaired) electrons. The van der Waals surface area contributed by atoms with Crippen LogP contribution < -0.4 is 19.5 Å². The minimum atomic E-state index is -3.62. The van der Waals surface area contributed by atoms with Crippen LogP contribution in [-0.4, -0.2) is 34.1 Å². The van der Waals surface area contributed by atoms with E-state index in [1.807, 2.05) is 13.0 Å². The van der Waals surface area contributed by atoms with Crippen molar-refractivity contribution in [2.24, 2.45) is 0 Å². The van der Waals surface area contributed by atoms with Gasteiger partial charge in [-0.05, 0) is 49.6 Å². The van der Waals surface area contributed by atoms with E-state index in [2.05, 4.69) is 10.0 Å². The second kappa shape index (κ2) is 10.1. The molecule has 162 valence electrons. The van der Waals surface area contributed by atoms with Crippen molar-refractivity contribution in [2.75, 3.05) is 25.1 Å². The van der Waals surface area contributed by atoms with Gasteiger partial charge in [-0.2, -0.15) is 0 Å². The third-order valence-electron chi connectivity index (χ3n) is 4.74. The molecule has 7 nitrogen and oxygen atoms in total. The number of anilines is 1. The second-order valence-electron chi connectivity index (χ2n) is 6.97. The quantitative estimate of drug-likeness (QED) is 0.563. The van der Waals surface area contributed by atoms with Crippen LogP contribution in [0, 0.1) is 6.92 Å². The smallest absolute Gasteiger partial charge is 0.240 e. The summed E-state index contributed by atoms with van der Waals surface area (Å²) in [4.78, 5) is 12.2. The number of fused-ring (bicyclic) bond motifs is 1. The molecule has 1 heterocycles. The van der Waals surface area contributed by atoms with E-state index in [0.29, 0.717) is 61.2 Å². The Hall–Kier alpha value is -2.29. The molecule has 0 bridgehead atoms. The Morgan fingerprint density at radius 3 is 2.63 bits per heavy atom. The van der Waals surface area contributed by atoms with Gasteiger partial charge in [-0.15, -0.1) is 0 Å². The molecule has 0 saturated carbocycles. The van der Waals surface area contributed by atoms with Gasteiger partial charge in [0.15, 0.2) is 11.5 Å². The van der Waals surface area contributed by atoms with Crippen molar-refractivity contribution in [1.29, 1.82) is 0 Å². The SMILES string of the molecule is Cc1c(Cl)cccc1NC(=O)CCCCCNS(=O)(=O)c1ccc2c(c1)OCCO2. The van der Waals surface area contributed by atoms with Crippen molar-refractivity contribution >= 4 is 33.2 Å². The van der Waals surface area contributed by atoms with Crippen LogP contribution in [0.3, 0.4) is 0 Å². The van der Waals surface area contributed by atoms with Crippen molar-refractivity contribution in [1.82, 2.24) is 4.72 Å².